The van der Waals surface area contributed by atoms with E-state index in [1.807, 2.05) is 18.2 Å². The van der Waals surface area contributed by atoms with E-state index >= 15 is 0 Å². The van der Waals surface area contributed by atoms with Gasteiger partial charge in [0.2, 0.25) is 0 Å². The third-order valence-electron chi connectivity index (χ3n) is 3.26. The summed E-state index contributed by atoms with van der Waals surface area (Å²) < 4.78 is 5.14. The molecule has 1 aromatic carbocycles. The number of carboxylic acid groups (broad SMARTS) is 1. The summed E-state index contributed by atoms with van der Waals surface area (Å²) in [6.45, 7) is 2.73. The van der Waals surface area contributed by atoms with Gasteiger partial charge in [-0.15, -0.1) is 0 Å². The number of aryl methyl sites for hydroxylation is 1. The number of fused-ring (bicyclic) bond motifs is 1. The summed E-state index contributed by atoms with van der Waals surface area (Å²) in [7, 11) is 0. The minimum atomic E-state index is -0.873. The van der Waals surface area contributed by atoms with E-state index in [1.165, 1.54) is 4.90 Å². The van der Waals surface area contributed by atoms with Gasteiger partial charge in [-0.2, -0.15) is 4.98 Å². The molecule has 0 fully saturated rings. The van der Waals surface area contributed by atoms with Crippen LogP contribution in [0.25, 0.3) is 11.5 Å². The minimum absolute atomic E-state index is 0.438. The smallest absolute Gasteiger partial charge is 0.407 e. The summed E-state index contributed by atoms with van der Waals surface area (Å²) in [4.78, 5) is 16.6. The van der Waals surface area contributed by atoms with Crippen LogP contribution in [-0.4, -0.2) is 32.8 Å². The van der Waals surface area contributed by atoms with Crippen molar-refractivity contribution in [3.8, 4) is 11.5 Å². The highest BCUT2D eigenvalue weighted by Gasteiger charge is 2.20. The molecule has 3 rings (SSSR count). The number of benzene rings is 1. The normalized spacial score (nSPS) is 14.3. The van der Waals surface area contributed by atoms with Crippen LogP contribution in [0.4, 0.5) is 4.79 Å². The number of hydrogen-bond donors (Lipinski definition) is 1. The van der Waals surface area contributed by atoms with Gasteiger partial charge in [-0.1, -0.05) is 11.2 Å². The van der Waals surface area contributed by atoms with E-state index in [0.29, 0.717) is 31.2 Å². The highest BCUT2D eigenvalue weighted by molar-refractivity contribution is 5.66. The third kappa shape index (κ3) is 2.16. The third-order valence-corrected chi connectivity index (χ3v) is 3.26. The molecule has 0 radical (unpaired) electrons. The standard InChI is InChI=1S/C13H13N3O3/c1-8-14-12(19-15-8)10-2-3-11-7-16(13(17)18)5-4-9(11)6-10/h2-3,6H,4-5,7H2,1H3,(H,17,18). The van der Waals surface area contributed by atoms with Gasteiger partial charge in [-0.3, -0.25) is 0 Å². The average molecular weight is 259 g/mol. The Bertz CT molecular complexity index is 636. The molecule has 0 saturated carbocycles. The average Bonchev–Trinajstić information content (AvgIpc) is 2.84. The van der Waals surface area contributed by atoms with Crippen molar-refractivity contribution in [3.05, 3.63) is 35.2 Å². The maximum Gasteiger partial charge on any atom is 0.407 e. The molecular formula is C13H13N3O3. The monoisotopic (exact) mass is 259 g/mol. The Kier molecular flexibility index (Phi) is 2.70. The quantitative estimate of drug-likeness (QED) is 0.848. The van der Waals surface area contributed by atoms with E-state index in [9.17, 15) is 4.79 Å². The van der Waals surface area contributed by atoms with Gasteiger partial charge in [-0.05, 0) is 36.6 Å². The van der Waals surface area contributed by atoms with Gasteiger partial charge in [-0.25, -0.2) is 4.79 Å². The molecule has 6 heteroatoms. The number of hydrogen-bond acceptors (Lipinski definition) is 4. The van der Waals surface area contributed by atoms with Crippen LogP contribution in [0.1, 0.15) is 17.0 Å². The minimum Gasteiger partial charge on any atom is -0.465 e. The fourth-order valence-corrected chi connectivity index (χ4v) is 2.26. The van der Waals surface area contributed by atoms with Crippen LogP contribution in [0.3, 0.4) is 0 Å². The molecule has 1 aromatic heterocycles. The van der Waals surface area contributed by atoms with Crippen LogP contribution in [0.2, 0.25) is 0 Å². The Hall–Kier alpha value is -2.37. The first-order valence-corrected chi connectivity index (χ1v) is 6.04. The van der Waals surface area contributed by atoms with E-state index in [0.717, 1.165) is 16.7 Å². The Morgan fingerprint density at radius 3 is 2.95 bits per heavy atom. The fourth-order valence-electron chi connectivity index (χ4n) is 2.26. The van der Waals surface area contributed by atoms with Crippen molar-refractivity contribution in [2.24, 2.45) is 0 Å². The first-order valence-electron chi connectivity index (χ1n) is 6.04. The molecule has 1 aliphatic heterocycles. The molecule has 0 unspecified atom stereocenters. The van der Waals surface area contributed by atoms with Crippen molar-refractivity contribution in [1.82, 2.24) is 15.0 Å². The number of carbonyl (C=O) groups is 1. The molecule has 6 nitrogen and oxygen atoms in total. The Labute approximate surface area is 109 Å². The Morgan fingerprint density at radius 1 is 1.42 bits per heavy atom. The summed E-state index contributed by atoms with van der Waals surface area (Å²) in [5, 5.41) is 12.8. The second-order valence-electron chi connectivity index (χ2n) is 4.58. The van der Waals surface area contributed by atoms with E-state index in [2.05, 4.69) is 10.1 Å². The maximum absolute atomic E-state index is 10.9. The van der Waals surface area contributed by atoms with Gasteiger partial charge in [0.1, 0.15) is 0 Å². The molecule has 2 heterocycles. The van der Waals surface area contributed by atoms with Gasteiger partial charge in [0, 0.05) is 18.7 Å². The molecule has 1 aliphatic rings. The number of rotatable bonds is 1. The van der Waals surface area contributed by atoms with Crippen molar-refractivity contribution >= 4 is 6.09 Å². The predicted octanol–water partition coefficient (Wildman–Crippen LogP) is 2.08. The van der Waals surface area contributed by atoms with Gasteiger partial charge < -0.3 is 14.5 Å². The van der Waals surface area contributed by atoms with Crippen molar-refractivity contribution in [3.63, 3.8) is 0 Å². The van der Waals surface area contributed by atoms with Crippen LogP contribution >= 0.6 is 0 Å². The maximum atomic E-state index is 10.9. The molecule has 0 spiro atoms. The second-order valence-corrected chi connectivity index (χ2v) is 4.58. The van der Waals surface area contributed by atoms with Crippen molar-refractivity contribution < 1.29 is 14.4 Å². The van der Waals surface area contributed by atoms with Crippen LogP contribution in [0.5, 0.6) is 0 Å². The predicted molar refractivity (Wildman–Crippen MR) is 66.6 cm³/mol. The van der Waals surface area contributed by atoms with Crippen molar-refractivity contribution in [2.75, 3.05) is 6.54 Å². The molecule has 1 N–H and O–H groups in total. The number of nitrogens with zero attached hydrogens (tertiary/aromatic N) is 3. The van der Waals surface area contributed by atoms with Crippen LogP contribution in [-0.2, 0) is 13.0 Å². The van der Waals surface area contributed by atoms with E-state index in [-0.39, 0.29) is 0 Å². The Balaban J connectivity index is 1.91. The van der Waals surface area contributed by atoms with Gasteiger partial charge in [0.05, 0.1) is 0 Å². The molecule has 0 bridgehead atoms. The van der Waals surface area contributed by atoms with Crippen LogP contribution in [0.15, 0.2) is 22.7 Å². The molecule has 0 atom stereocenters. The van der Waals surface area contributed by atoms with E-state index in [1.54, 1.807) is 6.92 Å². The molecule has 98 valence electrons. The van der Waals surface area contributed by atoms with Crippen molar-refractivity contribution in [1.29, 1.82) is 0 Å². The summed E-state index contributed by atoms with van der Waals surface area (Å²) in [6, 6.07) is 5.82. The summed E-state index contributed by atoms with van der Waals surface area (Å²) >= 11 is 0. The highest BCUT2D eigenvalue weighted by Crippen LogP contribution is 2.25. The summed E-state index contributed by atoms with van der Waals surface area (Å²) in [5.74, 6) is 1.10. The molecule has 19 heavy (non-hydrogen) atoms. The lowest BCUT2D eigenvalue weighted by Gasteiger charge is -2.26. The zero-order chi connectivity index (χ0) is 13.4. The topological polar surface area (TPSA) is 79.5 Å². The number of amides is 1. The SMILES string of the molecule is Cc1noc(-c2ccc3c(c2)CCN(C(=O)O)C3)n1. The molecule has 1 amide bonds. The Morgan fingerprint density at radius 2 is 2.26 bits per heavy atom. The lowest BCUT2D eigenvalue weighted by atomic mass is 9.97. The van der Waals surface area contributed by atoms with Crippen molar-refractivity contribution in [2.45, 2.75) is 19.9 Å². The van der Waals surface area contributed by atoms with Crippen LogP contribution in [0, 0.1) is 6.92 Å². The molecule has 0 aliphatic carbocycles. The summed E-state index contributed by atoms with van der Waals surface area (Å²) in [5.41, 5.74) is 3.06. The lowest BCUT2D eigenvalue weighted by molar-refractivity contribution is 0.140. The number of aromatic nitrogens is 2. The first-order chi connectivity index (χ1) is 9.13. The van der Waals surface area contributed by atoms with Gasteiger partial charge >= 0.3 is 6.09 Å². The van der Waals surface area contributed by atoms with E-state index < -0.39 is 6.09 Å². The van der Waals surface area contributed by atoms with Gasteiger partial charge in [0.15, 0.2) is 5.82 Å². The molecule has 0 saturated heterocycles. The first kappa shape index (κ1) is 11.7. The zero-order valence-corrected chi connectivity index (χ0v) is 10.5. The van der Waals surface area contributed by atoms with Crippen LogP contribution < -0.4 is 0 Å². The molecular weight excluding hydrogens is 246 g/mol. The van der Waals surface area contributed by atoms with Gasteiger partial charge in [0.25, 0.3) is 5.89 Å². The molecule has 2 aromatic rings. The van der Waals surface area contributed by atoms with E-state index in [4.69, 9.17) is 9.63 Å². The lowest BCUT2D eigenvalue weighted by Crippen LogP contribution is -2.34. The highest BCUT2D eigenvalue weighted by atomic mass is 16.5. The fraction of sp³-hybridized carbons (Fsp3) is 0.308. The second kappa shape index (κ2) is 4.38. The summed E-state index contributed by atoms with van der Waals surface area (Å²) in [6.07, 6.45) is -0.162. The zero-order valence-electron chi connectivity index (χ0n) is 10.5. The largest absolute Gasteiger partial charge is 0.465 e.